The molecule has 0 aliphatic carbocycles. The minimum Gasteiger partial charge on any atom is -0.378 e. The summed E-state index contributed by atoms with van der Waals surface area (Å²) in [4.78, 5) is 22.6. The number of benzene rings is 2. The van der Waals surface area contributed by atoms with Crippen LogP contribution >= 0.6 is 11.6 Å². The van der Waals surface area contributed by atoms with E-state index in [4.69, 9.17) is 11.6 Å². The van der Waals surface area contributed by atoms with Crippen LogP contribution in [0.25, 0.3) is 0 Å². The molecular formula is C18H20ClN3O5S. The molecule has 0 fully saturated rings. The maximum absolute atomic E-state index is 12.5. The van der Waals surface area contributed by atoms with E-state index in [-0.39, 0.29) is 27.9 Å². The second-order valence-corrected chi connectivity index (χ2v) is 8.16. The normalized spacial score (nSPS) is 11.4. The molecule has 0 radical (unpaired) electrons. The molecule has 10 heteroatoms. The van der Waals surface area contributed by atoms with Crippen molar-refractivity contribution in [3.63, 3.8) is 0 Å². The number of sulfonamides is 1. The van der Waals surface area contributed by atoms with Gasteiger partial charge in [-0.2, -0.15) is 4.31 Å². The fraction of sp³-hybridized carbons (Fsp3) is 0.278. The third kappa shape index (κ3) is 4.86. The molecule has 0 amide bonds. The summed E-state index contributed by atoms with van der Waals surface area (Å²) in [5.74, 6) is -0.263. The summed E-state index contributed by atoms with van der Waals surface area (Å²) in [5, 5.41) is 13.6. The van der Waals surface area contributed by atoms with Crippen LogP contribution in [0.2, 0.25) is 5.02 Å². The molecule has 28 heavy (non-hydrogen) atoms. The first-order valence-corrected chi connectivity index (χ1v) is 10.3. The van der Waals surface area contributed by atoms with Crippen molar-refractivity contribution in [3.8, 4) is 0 Å². The zero-order valence-electron chi connectivity index (χ0n) is 15.4. The van der Waals surface area contributed by atoms with Crippen LogP contribution in [0.5, 0.6) is 0 Å². The Hall–Kier alpha value is -2.49. The molecule has 0 heterocycles. The van der Waals surface area contributed by atoms with Crippen molar-refractivity contribution in [1.29, 1.82) is 0 Å². The number of hydrogen-bond acceptors (Lipinski definition) is 6. The maximum Gasteiger partial charge on any atom is 0.288 e. The average Bonchev–Trinajstić information content (AvgIpc) is 2.66. The quantitative estimate of drug-likeness (QED) is 0.373. The molecule has 150 valence electrons. The number of ketones is 1. The van der Waals surface area contributed by atoms with Gasteiger partial charge in [0.25, 0.3) is 5.69 Å². The summed E-state index contributed by atoms with van der Waals surface area (Å²) in [6.45, 7) is 4.17. The zero-order chi connectivity index (χ0) is 20.9. The Morgan fingerprint density at radius 2 is 1.75 bits per heavy atom. The summed E-state index contributed by atoms with van der Waals surface area (Å²) >= 11 is 5.84. The molecule has 0 saturated heterocycles. The Labute approximate surface area is 168 Å². The van der Waals surface area contributed by atoms with Gasteiger partial charge in [-0.15, -0.1) is 0 Å². The number of nitrogens with zero attached hydrogens (tertiary/aromatic N) is 2. The van der Waals surface area contributed by atoms with E-state index in [0.29, 0.717) is 24.3 Å². The number of nitro benzene ring substituents is 1. The number of carbonyl (C=O) groups is 1. The number of Topliss-reactive ketones (excluding diaryl/α,β-unsaturated/α-hetero) is 1. The standard InChI is InChI=1S/C18H20ClN3O5S/c1-3-21(4-2)28(26,27)15-8-5-13(6-9-15)18(23)12-20-14-7-10-17(22(24)25)16(19)11-14/h5-11,20H,3-4,12H2,1-2H3. The second-order valence-electron chi connectivity index (χ2n) is 5.81. The lowest BCUT2D eigenvalue weighted by atomic mass is 10.1. The van der Waals surface area contributed by atoms with Crippen LogP contribution in [0, 0.1) is 10.1 Å². The molecule has 2 rings (SSSR count). The number of nitro groups is 1. The van der Waals surface area contributed by atoms with Gasteiger partial charge in [0.05, 0.1) is 16.4 Å². The first kappa shape index (κ1) is 21.8. The Morgan fingerprint density at radius 3 is 2.25 bits per heavy atom. The van der Waals surface area contributed by atoms with Crippen molar-refractivity contribution >= 4 is 38.8 Å². The van der Waals surface area contributed by atoms with E-state index in [9.17, 15) is 23.3 Å². The van der Waals surface area contributed by atoms with Crippen LogP contribution in [0.1, 0.15) is 24.2 Å². The van der Waals surface area contributed by atoms with Crippen LogP contribution in [0.3, 0.4) is 0 Å². The van der Waals surface area contributed by atoms with Crippen molar-refractivity contribution in [1.82, 2.24) is 4.31 Å². The van der Waals surface area contributed by atoms with Gasteiger partial charge in [-0.3, -0.25) is 14.9 Å². The first-order chi connectivity index (χ1) is 13.2. The molecule has 2 aromatic carbocycles. The molecule has 0 aliphatic rings. The Bertz CT molecular complexity index is 973. The number of anilines is 1. The van der Waals surface area contributed by atoms with Crippen molar-refractivity contribution < 1.29 is 18.1 Å². The fourth-order valence-electron chi connectivity index (χ4n) is 2.57. The summed E-state index contributed by atoms with van der Waals surface area (Å²) in [5.41, 5.74) is 0.590. The van der Waals surface area contributed by atoms with Gasteiger partial charge in [0.2, 0.25) is 10.0 Å². The molecule has 0 atom stereocenters. The van der Waals surface area contributed by atoms with Crippen LogP contribution < -0.4 is 5.32 Å². The number of nitrogens with one attached hydrogen (secondary N) is 1. The maximum atomic E-state index is 12.5. The van der Waals surface area contributed by atoms with E-state index >= 15 is 0 Å². The minimum absolute atomic E-state index is 0.0339. The zero-order valence-corrected chi connectivity index (χ0v) is 17.0. The Morgan fingerprint density at radius 1 is 1.14 bits per heavy atom. The lowest BCUT2D eigenvalue weighted by Crippen LogP contribution is -2.30. The van der Waals surface area contributed by atoms with Crippen LogP contribution in [-0.4, -0.2) is 43.1 Å². The molecule has 0 unspecified atom stereocenters. The minimum atomic E-state index is -3.58. The highest BCUT2D eigenvalue weighted by molar-refractivity contribution is 7.89. The number of halogens is 1. The molecule has 8 nitrogen and oxygen atoms in total. The third-order valence-electron chi connectivity index (χ3n) is 4.12. The predicted octanol–water partition coefficient (Wildman–Crippen LogP) is 3.57. The molecule has 0 aromatic heterocycles. The van der Waals surface area contributed by atoms with Gasteiger partial charge < -0.3 is 5.32 Å². The van der Waals surface area contributed by atoms with Gasteiger partial charge in [0.15, 0.2) is 5.78 Å². The van der Waals surface area contributed by atoms with Crippen molar-refractivity contribution in [2.75, 3.05) is 25.0 Å². The highest BCUT2D eigenvalue weighted by atomic mass is 35.5. The summed E-state index contributed by atoms with van der Waals surface area (Å²) in [7, 11) is -3.58. The molecular weight excluding hydrogens is 406 g/mol. The molecule has 0 saturated carbocycles. The van der Waals surface area contributed by atoms with Gasteiger partial charge in [0, 0.05) is 30.4 Å². The lowest BCUT2D eigenvalue weighted by molar-refractivity contribution is -0.384. The van der Waals surface area contributed by atoms with E-state index in [1.54, 1.807) is 13.8 Å². The SMILES string of the molecule is CCN(CC)S(=O)(=O)c1ccc(C(=O)CNc2ccc([N+](=O)[O-])c(Cl)c2)cc1. The largest absolute Gasteiger partial charge is 0.378 e. The average molecular weight is 426 g/mol. The Kier molecular flexibility index (Phi) is 7.11. The van der Waals surface area contributed by atoms with Gasteiger partial charge in [-0.05, 0) is 36.4 Å². The van der Waals surface area contributed by atoms with Gasteiger partial charge in [0.1, 0.15) is 5.02 Å². The number of rotatable bonds is 9. The van der Waals surface area contributed by atoms with E-state index in [1.165, 1.54) is 46.8 Å². The van der Waals surface area contributed by atoms with Gasteiger partial charge in [-0.25, -0.2) is 8.42 Å². The van der Waals surface area contributed by atoms with Crippen LogP contribution in [0.15, 0.2) is 47.4 Å². The van der Waals surface area contributed by atoms with Gasteiger partial charge >= 0.3 is 0 Å². The molecule has 0 spiro atoms. The predicted molar refractivity (Wildman–Crippen MR) is 107 cm³/mol. The van der Waals surface area contributed by atoms with Crippen LogP contribution in [-0.2, 0) is 10.0 Å². The van der Waals surface area contributed by atoms with Crippen molar-refractivity contribution in [2.24, 2.45) is 0 Å². The van der Waals surface area contributed by atoms with Crippen molar-refractivity contribution in [3.05, 3.63) is 63.2 Å². The third-order valence-corrected chi connectivity index (χ3v) is 6.48. The van der Waals surface area contributed by atoms with E-state index in [0.717, 1.165) is 0 Å². The monoisotopic (exact) mass is 425 g/mol. The molecule has 1 N–H and O–H groups in total. The molecule has 0 aliphatic heterocycles. The summed E-state index contributed by atoms with van der Waals surface area (Å²) in [6.07, 6.45) is 0. The van der Waals surface area contributed by atoms with E-state index in [2.05, 4.69) is 5.32 Å². The first-order valence-electron chi connectivity index (χ1n) is 8.52. The highest BCUT2D eigenvalue weighted by Gasteiger charge is 2.21. The highest BCUT2D eigenvalue weighted by Crippen LogP contribution is 2.27. The fourth-order valence-corrected chi connectivity index (χ4v) is 4.28. The van der Waals surface area contributed by atoms with Crippen molar-refractivity contribution in [2.45, 2.75) is 18.7 Å². The van der Waals surface area contributed by atoms with E-state index in [1.807, 2.05) is 0 Å². The number of carbonyl (C=O) groups excluding carboxylic acids is 1. The molecule has 0 bridgehead atoms. The Balaban J connectivity index is 2.08. The summed E-state index contributed by atoms with van der Waals surface area (Å²) in [6, 6.07) is 9.81. The smallest absolute Gasteiger partial charge is 0.288 e. The summed E-state index contributed by atoms with van der Waals surface area (Å²) < 4.78 is 26.3. The van der Waals surface area contributed by atoms with E-state index < -0.39 is 14.9 Å². The second kappa shape index (κ2) is 9.13. The molecule has 2 aromatic rings. The number of hydrogen-bond donors (Lipinski definition) is 1. The topological polar surface area (TPSA) is 110 Å². The lowest BCUT2D eigenvalue weighted by Gasteiger charge is -2.18. The van der Waals surface area contributed by atoms with Crippen LogP contribution in [0.4, 0.5) is 11.4 Å². The van der Waals surface area contributed by atoms with Gasteiger partial charge in [-0.1, -0.05) is 25.4 Å².